The summed E-state index contributed by atoms with van der Waals surface area (Å²) in [5.41, 5.74) is 1.26. The molecule has 0 unspecified atom stereocenters. The Morgan fingerprint density at radius 1 is 1.47 bits per heavy atom. The highest BCUT2D eigenvalue weighted by Gasteiger charge is 2.03. The molecule has 1 rings (SSSR count). The molecule has 0 radical (unpaired) electrons. The van der Waals surface area contributed by atoms with Crippen molar-refractivity contribution in [3.05, 3.63) is 24.0 Å². The van der Waals surface area contributed by atoms with Gasteiger partial charge in [0.1, 0.15) is 0 Å². The molecule has 17 heavy (non-hydrogen) atoms. The highest BCUT2D eigenvalue weighted by atomic mass is 16.1. The predicted octanol–water partition coefficient (Wildman–Crippen LogP) is 1.51. The molecular formula is C13H23N3O. The molecule has 0 aromatic carbocycles. The van der Waals surface area contributed by atoms with Gasteiger partial charge in [0, 0.05) is 37.9 Å². The second-order valence-electron chi connectivity index (χ2n) is 4.51. The number of hydrogen-bond acceptors (Lipinski definition) is 2. The number of hydrogen-bond donors (Lipinski definition) is 2. The van der Waals surface area contributed by atoms with Crippen LogP contribution in [0.5, 0.6) is 0 Å². The van der Waals surface area contributed by atoms with Crippen LogP contribution in [0.2, 0.25) is 0 Å². The van der Waals surface area contributed by atoms with E-state index in [-0.39, 0.29) is 11.9 Å². The Hall–Kier alpha value is -1.29. The molecule has 1 aromatic rings. The van der Waals surface area contributed by atoms with Crippen molar-refractivity contribution in [2.45, 2.75) is 46.3 Å². The van der Waals surface area contributed by atoms with Crippen molar-refractivity contribution in [1.29, 1.82) is 0 Å². The van der Waals surface area contributed by atoms with E-state index in [0.717, 1.165) is 19.6 Å². The van der Waals surface area contributed by atoms with Crippen molar-refractivity contribution in [2.75, 3.05) is 6.54 Å². The van der Waals surface area contributed by atoms with Gasteiger partial charge in [-0.25, -0.2) is 0 Å². The molecule has 0 atom stereocenters. The number of nitrogens with one attached hydrogen (secondary N) is 2. The van der Waals surface area contributed by atoms with Gasteiger partial charge in [-0.2, -0.15) is 0 Å². The predicted molar refractivity (Wildman–Crippen MR) is 69.7 cm³/mol. The van der Waals surface area contributed by atoms with Crippen molar-refractivity contribution in [2.24, 2.45) is 0 Å². The third kappa shape index (κ3) is 5.54. The first-order valence-electron chi connectivity index (χ1n) is 6.26. The van der Waals surface area contributed by atoms with Crippen molar-refractivity contribution in [3.63, 3.8) is 0 Å². The number of carbonyl (C=O) groups is 1. The van der Waals surface area contributed by atoms with Crippen LogP contribution in [0.25, 0.3) is 0 Å². The Morgan fingerprint density at radius 2 is 2.24 bits per heavy atom. The Balaban J connectivity index is 2.31. The zero-order chi connectivity index (χ0) is 12.7. The summed E-state index contributed by atoms with van der Waals surface area (Å²) in [6.07, 6.45) is 4.65. The van der Waals surface area contributed by atoms with Gasteiger partial charge in [0.05, 0.1) is 0 Å². The SMILES string of the molecule is CCNCc1ccn(CCC(=O)NC(C)C)c1. The molecule has 0 aliphatic heterocycles. The molecular weight excluding hydrogens is 214 g/mol. The van der Waals surface area contributed by atoms with Gasteiger partial charge in [-0.15, -0.1) is 0 Å². The highest BCUT2D eigenvalue weighted by molar-refractivity contribution is 5.76. The lowest BCUT2D eigenvalue weighted by atomic mass is 10.3. The van der Waals surface area contributed by atoms with Crippen LogP contribution >= 0.6 is 0 Å². The maximum Gasteiger partial charge on any atom is 0.221 e. The zero-order valence-electron chi connectivity index (χ0n) is 11.0. The second-order valence-corrected chi connectivity index (χ2v) is 4.51. The molecule has 0 aliphatic rings. The van der Waals surface area contributed by atoms with Crippen LogP contribution in [0, 0.1) is 0 Å². The zero-order valence-corrected chi connectivity index (χ0v) is 11.0. The van der Waals surface area contributed by atoms with E-state index in [1.165, 1.54) is 5.56 Å². The first-order valence-corrected chi connectivity index (χ1v) is 6.26. The normalized spacial score (nSPS) is 10.8. The van der Waals surface area contributed by atoms with Gasteiger partial charge in [-0.1, -0.05) is 6.92 Å². The van der Waals surface area contributed by atoms with Crippen LogP contribution < -0.4 is 10.6 Å². The summed E-state index contributed by atoms with van der Waals surface area (Å²) in [7, 11) is 0. The average Bonchev–Trinajstić information content (AvgIpc) is 2.70. The standard InChI is InChI=1S/C13H23N3O/c1-4-14-9-12-5-7-16(10-12)8-6-13(17)15-11(2)3/h5,7,10-11,14H,4,6,8-9H2,1-3H3,(H,15,17). The van der Waals surface area contributed by atoms with Gasteiger partial charge in [-0.05, 0) is 32.0 Å². The van der Waals surface area contributed by atoms with Crippen LogP contribution in [0.3, 0.4) is 0 Å². The molecule has 2 N–H and O–H groups in total. The first kappa shape index (κ1) is 13.8. The smallest absolute Gasteiger partial charge is 0.221 e. The van der Waals surface area contributed by atoms with Crippen molar-refractivity contribution >= 4 is 5.91 Å². The van der Waals surface area contributed by atoms with E-state index < -0.39 is 0 Å². The lowest BCUT2D eigenvalue weighted by Gasteiger charge is -2.08. The Kier molecular flexibility index (Phi) is 5.77. The Morgan fingerprint density at radius 3 is 2.88 bits per heavy atom. The number of aromatic nitrogens is 1. The molecule has 1 aromatic heterocycles. The van der Waals surface area contributed by atoms with E-state index in [1.807, 2.05) is 20.0 Å². The minimum Gasteiger partial charge on any atom is -0.354 e. The molecule has 4 nitrogen and oxygen atoms in total. The van der Waals surface area contributed by atoms with Crippen LogP contribution in [0.15, 0.2) is 18.5 Å². The summed E-state index contributed by atoms with van der Waals surface area (Å²) in [4.78, 5) is 11.5. The van der Waals surface area contributed by atoms with E-state index in [1.54, 1.807) is 0 Å². The summed E-state index contributed by atoms with van der Waals surface area (Å²) in [6.45, 7) is 8.64. The lowest BCUT2D eigenvalue weighted by Crippen LogP contribution is -2.30. The van der Waals surface area contributed by atoms with E-state index in [4.69, 9.17) is 0 Å². The minimum absolute atomic E-state index is 0.113. The maximum atomic E-state index is 11.5. The van der Waals surface area contributed by atoms with E-state index >= 15 is 0 Å². The summed E-state index contributed by atoms with van der Waals surface area (Å²) in [5, 5.41) is 6.17. The van der Waals surface area contributed by atoms with Gasteiger partial charge < -0.3 is 15.2 Å². The minimum atomic E-state index is 0.113. The number of amides is 1. The topological polar surface area (TPSA) is 46.1 Å². The molecule has 0 fully saturated rings. The van der Waals surface area contributed by atoms with E-state index in [2.05, 4.69) is 34.4 Å². The van der Waals surface area contributed by atoms with Crippen molar-refractivity contribution in [1.82, 2.24) is 15.2 Å². The molecule has 0 saturated carbocycles. The third-order valence-corrected chi connectivity index (χ3v) is 2.44. The van der Waals surface area contributed by atoms with Crippen LogP contribution in [0.4, 0.5) is 0 Å². The van der Waals surface area contributed by atoms with E-state index in [0.29, 0.717) is 6.42 Å². The van der Waals surface area contributed by atoms with Gasteiger partial charge in [0.25, 0.3) is 0 Å². The van der Waals surface area contributed by atoms with Gasteiger partial charge in [0.2, 0.25) is 5.91 Å². The lowest BCUT2D eigenvalue weighted by molar-refractivity contribution is -0.121. The largest absolute Gasteiger partial charge is 0.354 e. The molecule has 0 spiro atoms. The van der Waals surface area contributed by atoms with E-state index in [9.17, 15) is 4.79 Å². The summed E-state index contributed by atoms with van der Waals surface area (Å²) in [5.74, 6) is 0.113. The molecule has 1 heterocycles. The molecule has 0 aliphatic carbocycles. The molecule has 4 heteroatoms. The second kappa shape index (κ2) is 7.12. The molecule has 0 saturated heterocycles. The maximum absolute atomic E-state index is 11.5. The Labute approximate surface area is 103 Å². The monoisotopic (exact) mass is 237 g/mol. The fourth-order valence-electron chi connectivity index (χ4n) is 1.63. The number of aryl methyl sites for hydroxylation is 1. The Bertz CT molecular complexity index is 344. The first-order chi connectivity index (χ1) is 8.11. The number of carbonyl (C=O) groups excluding carboxylic acids is 1. The fraction of sp³-hybridized carbons (Fsp3) is 0.615. The fourth-order valence-corrected chi connectivity index (χ4v) is 1.63. The van der Waals surface area contributed by atoms with Crippen molar-refractivity contribution < 1.29 is 4.79 Å². The molecule has 96 valence electrons. The number of nitrogens with zero attached hydrogens (tertiary/aromatic N) is 1. The molecule has 1 amide bonds. The molecule has 0 bridgehead atoms. The van der Waals surface area contributed by atoms with Crippen molar-refractivity contribution in [3.8, 4) is 0 Å². The van der Waals surface area contributed by atoms with Crippen LogP contribution in [-0.4, -0.2) is 23.1 Å². The van der Waals surface area contributed by atoms with Crippen LogP contribution in [-0.2, 0) is 17.9 Å². The third-order valence-electron chi connectivity index (χ3n) is 2.44. The van der Waals surface area contributed by atoms with Gasteiger partial charge in [-0.3, -0.25) is 4.79 Å². The van der Waals surface area contributed by atoms with Gasteiger partial charge >= 0.3 is 0 Å². The quantitative estimate of drug-likeness (QED) is 0.755. The number of rotatable bonds is 7. The van der Waals surface area contributed by atoms with Crippen LogP contribution in [0.1, 0.15) is 32.8 Å². The summed E-state index contributed by atoms with van der Waals surface area (Å²) >= 11 is 0. The average molecular weight is 237 g/mol. The summed E-state index contributed by atoms with van der Waals surface area (Å²) in [6, 6.07) is 2.31. The highest BCUT2D eigenvalue weighted by Crippen LogP contribution is 2.02. The summed E-state index contributed by atoms with van der Waals surface area (Å²) < 4.78 is 2.06. The van der Waals surface area contributed by atoms with Gasteiger partial charge in [0.15, 0.2) is 0 Å².